The minimum absolute atomic E-state index is 0.607. The molecule has 2 aliphatic rings. The van der Waals surface area contributed by atoms with Gasteiger partial charge >= 0.3 is 0 Å². The lowest BCUT2D eigenvalue weighted by atomic mass is 9.97. The first-order chi connectivity index (χ1) is 5.93. The summed E-state index contributed by atoms with van der Waals surface area (Å²) in [5.41, 5.74) is 1.49. The van der Waals surface area contributed by atoms with Crippen molar-refractivity contribution in [2.24, 2.45) is 0 Å². The van der Waals surface area contributed by atoms with Crippen LogP contribution in [0.15, 0.2) is 30.3 Å². The van der Waals surface area contributed by atoms with E-state index < -0.39 is 0 Å². The second-order valence-electron chi connectivity index (χ2n) is 3.79. The third-order valence-electron chi connectivity index (χ3n) is 2.99. The van der Waals surface area contributed by atoms with Crippen molar-refractivity contribution in [2.45, 2.75) is 31.0 Å². The minimum Gasteiger partial charge on any atom is -0.370 e. The first kappa shape index (κ1) is 6.67. The molecule has 0 aromatic heterocycles. The third-order valence-corrected chi connectivity index (χ3v) is 2.99. The fraction of sp³-hybridized carbons (Fsp3) is 0.455. The van der Waals surface area contributed by atoms with Crippen LogP contribution in [-0.2, 0) is 4.74 Å². The molecule has 1 saturated heterocycles. The van der Waals surface area contributed by atoms with Gasteiger partial charge in [0.15, 0.2) is 0 Å². The highest BCUT2D eigenvalue weighted by molar-refractivity contribution is 5.23. The number of hydrogen-bond acceptors (Lipinski definition) is 1. The molecule has 0 amide bonds. The van der Waals surface area contributed by atoms with E-state index in [0.29, 0.717) is 12.2 Å². The van der Waals surface area contributed by atoms with Crippen LogP contribution < -0.4 is 0 Å². The Morgan fingerprint density at radius 1 is 1.00 bits per heavy atom. The summed E-state index contributed by atoms with van der Waals surface area (Å²) in [5, 5.41) is 0. The molecule has 1 nitrogen and oxygen atoms in total. The number of benzene rings is 1. The van der Waals surface area contributed by atoms with E-state index in [0.717, 1.165) is 5.92 Å². The largest absolute Gasteiger partial charge is 0.370 e. The van der Waals surface area contributed by atoms with Crippen LogP contribution in [0.4, 0.5) is 0 Å². The van der Waals surface area contributed by atoms with Crippen LogP contribution in [0.25, 0.3) is 0 Å². The Hall–Kier alpha value is -0.820. The average Bonchev–Trinajstić information content (AvgIpc) is 2.75. The smallest absolute Gasteiger partial charge is 0.0848 e. The summed E-state index contributed by atoms with van der Waals surface area (Å²) in [6, 6.07) is 10.8. The highest BCUT2D eigenvalue weighted by Crippen LogP contribution is 2.46. The SMILES string of the molecule is c1ccc(C2C[C@@H]3O[C@@H]3C2)cc1. The van der Waals surface area contributed by atoms with Gasteiger partial charge in [0.05, 0.1) is 12.2 Å². The lowest BCUT2D eigenvalue weighted by molar-refractivity contribution is 0.304. The van der Waals surface area contributed by atoms with Crippen LogP contribution in [0, 0.1) is 0 Å². The first-order valence-electron chi connectivity index (χ1n) is 4.64. The summed E-state index contributed by atoms with van der Waals surface area (Å²) >= 11 is 0. The summed E-state index contributed by atoms with van der Waals surface area (Å²) in [7, 11) is 0. The fourth-order valence-electron chi connectivity index (χ4n) is 2.25. The molecule has 0 spiro atoms. The molecule has 1 heteroatoms. The number of hydrogen-bond donors (Lipinski definition) is 0. The van der Waals surface area contributed by atoms with E-state index >= 15 is 0 Å². The zero-order valence-corrected chi connectivity index (χ0v) is 6.94. The van der Waals surface area contributed by atoms with Gasteiger partial charge in [0, 0.05) is 0 Å². The van der Waals surface area contributed by atoms with Crippen molar-refractivity contribution in [3.8, 4) is 0 Å². The maximum atomic E-state index is 5.40. The average molecular weight is 160 g/mol. The molecule has 1 aromatic rings. The van der Waals surface area contributed by atoms with Crippen LogP contribution in [0.1, 0.15) is 24.3 Å². The number of rotatable bonds is 1. The van der Waals surface area contributed by atoms with Crippen molar-refractivity contribution in [1.29, 1.82) is 0 Å². The Balaban J connectivity index is 1.82. The Kier molecular flexibility index (Phi) is 1.30. The molecule has 0 radical (unpaired) electrons. The van der Waals surface area contributed by atoms with E-state index in [1.165, 1.54) is 18.4 Å². The molecular formula is C11H12O. The summed E-state index contributed by atoms with van der Waals surface area (Å²) in [4.78, 5) is 0. The highest BCUT2D eigenvalue weighted by atomic mass is 16.6. The summed E-state index contributed by atoms with van der Waals surface area (Å²) in [6.45, 7) is 0. The van der Waals surface area contributed by atoms with E-state index in [2.05, 4.69) is 30.3 Å². The van der Waals surface area contributed by atoms with Gasteiger partial charge in [-0.05, 0) is 24.3 Å². The molecule has 12 heavy (non-hydrogen) atoms. The molecule has 3 atom stereocenters. The minimum atomic E-state index is 0.607. The summed E-state index contributed by atoms with van der Waals surface area (Å²) in [5.74, 6) is 0.773. The van der Waals surface area contributed by atoms with Crippen molar-refractivity contribution in [3.63, 3.8) is 0 Å². The van der Waals surface area contributed by atoms with Gasteiger partial charge in [-0.25, -0.2) is 0 Å². The topological polar surface area (TPSA) is 12.5 Å². The van der Waals surface area contributed by atoms with E-state index in [9.17, 15) is 0 Å². The van der Waals surface area contributed by atoms with Crippen LogP contribution >= 0.6 is 0 Å². The Morgan fingerprint density at radius 2 is 1.67 bits per heavy atom. The molecule has 0 N–H and O–H groups in total. The lowest BCUT2D eigenvalue weighted by Gasteiger charge is -2.10. The normalized spacial score (nSPS) is 37.8. The van der Waals surface area contributed by atoms with Gasteiger partial charge < -0.3 is 4.74 Å². The maximum absolute atomic E-state index is 5.40. The lowest BCUT2D eigenvalue weighted by Crippen LogP contribution is -1.96. The molecule has 62 valence electrons. The molecule has 1 aliphatic carbocycles. The van der Waals surface area contributed by atoms with Gasteiger partial charge in [0.2, 0.25) is 0 Å². The molecule has 1 aromatic carbocycles. The standard InChI is InChI=1S/C11H12O/c1-2-4-8(5-3-1)9-6-10-11(7-9)12-10/h1-5,9-11H,6-7H2/t9?,10-,11+. The molecule has 1 heterocycles. The van der Waals surface area contributed by atoms with Gasteiger partial charge in [-0.1, -0.05) is 30.3 Å². The molecule has 2 fully saturated rings. The Labute approximate surface area is 72.4 Å². The predicted octanol–water partition coefficient (Wildman–Crippen LogP) is 2.33. The van der Waals surface area contributed by atoms with Crippen molar-refractivity contribution >= 4 is 0 Å². The molecular weight excluding hydrogens is 148 g/mol. The zero-order valence-electron chi connectivity index (χ0n) is 6.94. The zero-order chi connectivity index (χ0) is 7.97. The Morgan fingerprint density at radius 3 is 2.33 bits per heavy atom. The van der Waals surface area contributed by atoms with E-state index in [1.807, 2.05) is 0 Å². The second kappa shape index (κ2) is 2.33. The number of epoxide rings is 1. The molecule has 3 rings (SSSR count). The van der Waals surface area contributed by atoms with Crippen molar-refractivity contribution in [1.82, 2.24) is 0 Å². The van der Waals surface area contributed by atoms with Crippen LogP contribution in [0.5, 0.6) is 0 Å². The second-order valence-corrected chi connectivity index (χ2v) is 3.79. The molecule has 1 saturated carbocycles. The van der Waals surface area contributed by atoms with E-state index in [1.54, 1.807) is 0 Å². The van der Waals surface area contributed by atoms with Crippen molar-refractivity contribution in [3.05, 3.63) is 35.9 Å². The van der Waals surface area contributed by atoms with Crippen LogP contribution in [0.3, 0.4) is 0 Å². The van der Waals surface area contributed by atoms with E-state index in [-0.39, 0.29) is 0 Å². The number of fused-ring (bicyclic) bond motifs is 1. The summed E-state index contributed by atoms with van der Waals surface area (Å²) < 4.78 is 5.40. The number of ether oxygens (including phenoxy) is 1. The van der Waals surface area contributed by atoms with Gasteiger partial charge in [-0.3, -0.25) is 0 Å². The van der Waals surface area contributed by atoms with Crippen LogP contribution in [-0.4, -0.2) is 12.2 Å². The molecule has 1 aliphatic heterocycles. The first-order valence-corrected chi connectivity index (χ1v) is 4.64. The molecule has 1 unspecified atom stereocenters. The highest BCUT2D eigenvalue weighted by Gasteiger charge is 2.47. The van der Waals surface area contributed by atoms with Gasteiger partial charge in [-0.15, -0.1) is 0 Å². The summed E-state index contributed by atoms with van der Waals surface area (Å²) in [6.07, 6.45) is 3.70. The van der Waals surface area contributed by atoms with Gasteiger partial charge in [-0.2, -0.15) is 0 Å². The maximum Gasteiger partial charge on any atom is 0.0848 e. The Bertz CT molecular complexity index is 270. The van der Waals surface area contributed by atoms with Crippen LogP contribution in [0.2, 0.25) is 0 Å². The van der Waals surface area contributed by atoms with Gasteiger partial charge in [0.25, 0.3) is 0 Å². The molecule has 0 bridgehead atoms. The quantitative estimate of drug-likeness (QED) is 0.574. The van der Waals surface area contributed by atoms with Crippen molar-refractivity contribution in [2.75, 3.05) is 0 Å². The fourth-order valence-corrected chi connectivity index (χ4v) is 2.25. The van der Waals surface area contributed by atoms with Crippen molar-refractivity contribution < 1.29 is 4.74 Å². The third kappa shape index (κ3) is 0.969. The van der Waals surface area contributed by atoms with Gasteiger partial charge in [0.1, 0.15) is 0 Å². The predicted molar refractivity (Wildman–Crippen MR) is 47.1 cm³/mol. The van der Waals surface area contributed by atoms with E-state index in [4.69, 9.17) is 4.74 Å². The monoisotopic (exact) mass is 160 g/mol.